The van der Waals surface area contributed by atoms with Crippen molar-refractivity contribution in [1.82, 2.24) is 19.1 Å². The van der Waals surface area contributed by atoms with E-state index in [2.05, 4.69) is 20.3 Å². The van der Waals surface area contributed by atoms with E-state index in [1.165, 1.54) is 19.2 Å². The largest absolute Gasteiger partial charge is 0.493 e. The summed E-state index contributed by atoms with van der Waals surface area (Å²) in [5.74, 6) is 1.28. The van der Waals surface area contributed by atoms with Crippen LogP contribution in [0.5, 0.6) is 11.5 Å². The second kappa shape index (κ2) is 11.0. The van der Waals surface area contributed by atoms with Crippen LogP contribution in [0.1, 0.15) is 10.4 Å². The van der Waals surface area contributed by atoms with Gasteiger partial charge in [0.15, 0.2) is 23.0 Å². The summed E-state index contributed by atoms with van der Waals surface area (Å²) < 4.78 is 39.1. The SMILES string of the molecule is CNS(=O)(=O)c1cccc(NC(=O)c2cccc(-c3cn4ccnc4c(Nc4ccc(OC)c(OC)c4)n3)c2)c1. The van der Waals surface area contributed by atoms with Gasteiger partial charge in [-0.25, -0.2) is 23.1 Å². The minimum atomic E-state index is -3.65. The Labute approximate surface area is 230 Å². The lowest BCUT2D eigenvalue weighted by Crippen LogP contribution is -2.19. The molecule has 11 nitrogen and oxygen atoms in total. The minimum absolute atomic E-state index is 0.0499. The van der Waals surface area contributed by atoms with E-state index in [0.717, 1.165) is 5.69 Å². The Morgan fingerprint density at radius 1 is 0.925 bits per heavy atom. The fourth-order valence-electron chi connectivity index (χ4n) is 4.09. The van der Waals surface area contributed by atoms with Crippen LogP contribution in [-0.4, -0.2) is 50.0 Å². The molecule has 204 valence electrons. The van der Waals surface area contributed by atoms with Gasteiger partial charge in [0, 0.05) is 47.2 Å². The number of aromatic nitrogens is 3. The fraction of sp³-hybridized carbons (Fsp3) is 0.107. The van der Waals surface area contributed by atoms with Crippen LogP contribution in [0.4, 0.5) is 17.2 Å². The number of carbonyl (C=O) groups is 1. The average molecular weight is 559 g/mol. The van der Waals surface area contributed by atoms with Gasteiger partial charge in [-0.3, -0.25) is 4.79 Å². The zero-order valence-electron chi connectivity index (χ0n) is 21.9. The number of fused-ring (bicyclic) bond motifs is 1. The molecule has 5 rings (SSSR count). The number of nitrogens with one attached hydrogen (secondary N) is 3. The van der Waals surface area contributed by atoms with Gasteiger partial charge in [0.25, 0.3) is 5.91 Å². The molecule has 3 aromatic carbocycles. The number of hydrogen-bond acceptors (Lipinski definition) is 8. The monoisotopic (exact) mass is 558 g/mol. The van der Waals surface area contributed by atoms with Gasteiger partial charge < -0.3 is 24.5 Å². The highest BCUT2D eigenvalue weighted by atomic mass is 32.2. The number of methoxy groups -OCH3 is 2. The van der Waals surface area contributed by atoms with Crippen LogP contribution in [0.15, 0.2) is 90.2 Å². The number of sulfonamides is 1. The molecule has 40 heavy (non-hydrogen) atoms. The second-order valence-corrected chi connectivity index (χ2v) is 10.5. The number of amides is 1. The third-order valence-electron chi connectivity index (χ3n) is 6.11. The molecule has 0 fully saturated rings. The molecule has 12 heteroatoms. The summed E-state index contributed by atoms with van der Waals surface area (Å²) in [4.78, 5) is 22.3. The maximum Gasteiger partial charge on any atom is 0.255 e. The molecular formula is C28H26N6O5S. The summed E-state index contributed by atoms with van der Waals surface area (Å²) in [6.07, 6.45) is 5.31. The molecule has 0 saturated carbocycles. The van der Waals surface area contributed by atoms with Crippen molar-refractivity contribution in [2.45, 2.75) is 4.90 Å². The Bertz CT molecular complexity index is 1820. The van der Waals surface area contributed by atoms with E-state index in [4.69, 9.17) is 14.5 Å². The lowest BCUT2D eigenvalue weighted by atomic mass is 10.1. The quantitative estimate of drug-likeness (QED) is 0.243. The van der Waals surface area contributed by atoms with E-state index in [0.29, 0.717) is 45.5 Å². The van der Waals surface area contributed by atoms with E-state index in [9.17, 15) is 13.2 Å². The zero-order chi connectivity index (χ0) is 28.3. The standard InChI is InChI=1S/C28H26N6O5S/c1-29-40(36,37)22-9-5-8-20(15-22)32-28(35)19-7-4-6-18(14-19)23-17-34-13-12-30-27(34)26(33-23)31-21-10-11-24(38-2)25(16-21)39-3/h4-17,29H,1-3H3,(H,31,33)(H,32,35). The molecule has 5 aromatic rings. The molecule has 0 aliphatic rings. The van der Waals surface area contributed by atoms with E-state index < -0.39 is 15.9 Å². The maximum absolute atomic E-state index is 13.1. The summed E-state index contributed by atoms with van der Waals surface area (Å²) in [6, 6.07) is 18.5. The first-order valence-corrected chi connectivity index (χ1v) is 13.6. The molecule has 1 amide bonds. The molecule has 2 aromatic heterocycles. The molecule has 0 bridgehead atoms. The van der Waals surface area contributed by atoms with Crippen molar-refractivity contribution in [3.8, 4) is 22.8 Å². The number of ether oxygens (including phenoxy) is 2. The van der Waals surface area contributed by atoms with Crippen LogP contribution in [0.3, 0.4) is 0 Å². The first-order chi connectivity index (χ1) is 19.3. The number of hydrogen-bond donors (Lipinski definition) is 3. The van der Waals surface area contributed by atoms with Crippen molar-refractivity contribution in [2.24, 2.45) is 0 Å². The van der Waals surface area contributed by atoms with Crippen molar-refractivity contribution in [1.29, 1.82) is 0 Å². The second-order valence-electron chi connectivity index (χ2n) is 8.60. The van der Waals surface area contributed by atoms with Crippen molar-refractivity contribution in [2.75, 3.05) is 31.9 Å². The summed E-state index contributed by atoms with van der Waals surface area (Å²) in [5, 5.41) is 6.06. The summed E-state index contributed by atoms with van der Waals surface area (Å²) in [6.45, 7) is 0. The van der Waals surface area contributed by atoms with Crippen molar-refractivity contribution >= 4 is 38.8 Å². The Morgan fingerprint density at radius 3 is 2.50 bits per heavy atom. The molecule has 0 aliphatic heterocycles. The molecule has 3 N–H and O–H groups in total. The van der Waals surface area contributed by atoms with E-state index in [1.54, 1.807) is 62.9 Å². The number of rotatable bonds is 9. The molecule has 0 aliphatic carbocycles. The Hall–Kier alpha value is -4.94. The number of anilines is 3. The summed E-state index contributed by atoms with van der Waals surface area (Å²) >= 11 is 0. The van der Waals surface area contributed by atoms with Gasteiger partial charge in [-0.2, -0.15) is 0 Å². The van der Waals surface area contributed by atoms with Gasteiger partial charge in [0.05, 0.1) is 24.8 Å². The van der Waals surface area contributed by atoms with Crippen LogP contribution >= 0.6 is 0 Å². The predicted molar refractivity (Wildman–Crippen MR) is 152 cm³/mol. The Kier molecular flexibility index (Phi) is 7.36. The Balaban J connectivity index is 1.45. The van der Waals surface area contributed by atoms with Crippen LogP contribution in [0, 0.1) is 0 Å². The summed E-state index contributed by atoms with van der Waals surface area (Å²) in [7, 11) is 0.822. The smallest absolute Gasteiger partial charge is 0.255 e. The van der Waals surface area contributed by atoms with E-state index in [1.807, 2.05) is 28.9 Å². The lowest BCUT2D eigenvalue weighted by molar-refractivity contribution is 0.102. The lowest BCUT2D eigenvalue weighted by Gasteiger charge is -2.13. The van der Waals surface area contributed by atoms with Crippen molar-refractivity contribution in [3.63, 3.8) is 0 Å². The highest BCUT2D eigenvalue weighted by Gasteiger charge is 2.15. The maximum atomic E-state index is 13.1. The van der Waals surface area contributed by atoms with Crippen LogP contribution in [0.2, 0.25) is 0 Å². The zero-order valence-corrected chi connectivity index (χ0v) is 22.7. The molecule has 0 unspecified atom stereocenters. The van der Waals surface area contributed by atoms with E-state index >= 15 is 0 Å². The normalized spacial score (nSPS) is 11.3. The minimum Gasteiger partial charge on any atom is -0.493 e. The highest BCUT2D eigenvalue weighted by molar-refractivity contribution is 7.89. The van der Waals surface area contributed by atoms with Crippen LogP contribution < -0.4 is 24.8 Å². The molecular weight excluding hydrogens is 532 g/mol. The fourth-order valence-corrected chi connectivity index (χ4v) is 4.86. The Morgan fingerprint density at radius 2 is 1.73 bits per heavy atom. The summed E-state index contributed by atoms with van der Waals surface area (Å²) in [5.41, 5.74) is 3.37. The predicted octanol–water partition coefficient (Wildman–Crippen LogP) is 4.32. The third kappa shape index (κ3) is 5.44. The van der Waals surface area contributed by atoms with Gasteiger partial charge in [-0.1, -0.05) is 18.2 Å². The van der Waals surface area contributed by atoms with Crippen LogP contribution in [-0.2, 0) is 10.0 Å². The molecule has 0 radical (unpaired) electrons. The number of imidazole rings is 1. The molecule has 0 saturated heterocycles. The van der Waals surface area contributed by atoms with Gasteiger partial charge in [0.1, 0.15) is 0 Å². The van der Waals surface area contributed by atoms with Gasteiger partial charge in [-0.05, 0) is 49.5 Å². The number of nitrogens with zero attached hydrogens (tertiary/aromatic N) is 3. The first-order valence-electron chi connectivity index (χ1n) is 12.1. The number of carbonyl (C=O) groups excluding carboxylic acids is 1. The van der Waals surface area contributed by atoms with Crippen LogP contribution in [0.25, 0.3) is 16.9 Å². The molecule has 2 heterocycles. The van der Waals surface area contributed by atoms with Gasteiger partial charge in [-0.15, -0.1) is 0 Å². The van der Waals surface area contributed by atoms with Gasteiger partial charge in [0.2, 0.25) is 10.0 Å². The van der Waals surface area contributed by atoms with Gasteiger partial charge >= 0.3 is 0 Å². The molecule has 0 spiro atoms. The average Bonchev–Trinajstić information content (AvgIpc) is 3.46. The van der Waals surface area contributed by atoms with Crippen molar-refractivity contribution in [3.05, 3.63) is 90.9 Å². The molecule has 0 atom stereocenters. The first kappa shape index (κ1) is 26.7. The third-order valence-corrected chi connectivity index (χ3v) is 7.52. The topological polar surface area (TPSA) is 136 Å². The van der Waals surface area contributed by atoms with Crippen molar-refractivity contribution < 1.29 is 22.7 Å². The number of benzene rings is 3. The highest BCUT2D eigenvalue weighted by Crippen LogP contribution is 2.32. The van der Waals surface area contributed by atoms with E-state index in [-0.39, 0.29) is 4.90 Å².